The first kappa shape index (κ1) is 17.2. The smallest absolute Gasteiger partial charge is 0.227 e. The minimum absolute atomic E-state index is 0.170. The Morgan fingerprint density at radius 2 is 1.96 bits per heavy atom. The lowest BCUT2D eigenvalue weighted by molar-refractivity contribution is -0.116. The molecule has 3 aromatic rings. The van der Waals surface area contributed by atoms with E-state index in [-0.39, 0.29) is 11.8 Å². The summed E-state index contributed by atoms with van der Waals surface area (Å²) in [7, 11) is 0. The van der Waals surface area contributed by atoms with E-state index < -0.39 is 0 Å². The zero-order valence-corrected chi connectivity index (χ0v) is 16.0. The number of hydrogen-bond acceptors (Lipinski definition) is 6. The van der Waals surface area contributed by atoms with E-state index in [9.17, 15) is 4.79 Å². The number of hydrogen-bond donors (Lipinski definition) is 1. The van der Waals surface area contributed by atoms with Crippen molar-refractivity contribution in [2.45, 2.75) is 36.2 Å². The second kappa shape index (κ2) is 7.24. The van der Waals surface area contributed by atoms with E-state index >= 15 is 0 Å². The van der Waals surface area contributed by atoms with Crippen LogP contribution in [0.25, 0.3) is 0 Å². The molecule has 0 amide bonds. The lowest BCUT2D eigenvalue weighted by atomic mass is 9.87. The summed E-state index contributed by atoms with van der Waals surface area (Å²) in [6.07, 6.45) is 4.04. The number of ketones is 1. The van der Waals surface area contributed by atoms with Crippen LogP contribution in [0.2, 0.25) is 0 Å². The summed E-state index contributed by atoms with van der Waals surface area (Å²) in [6, 6.07) is 15.7. The van der Waals surface area contributed by atoms with Crippen molar-refractivity contribution in [2.75, 3.05) is 5.32 Å². The summed E-state index contributed by atoms with van der Waals surface area (Å²) in [6.45, 7) is 0. The van der Waals surface area contributed by atoms with Crippen molar-refractivity contribution in [3.63, 3.8) is 0 Å². The Morgan fingerprint density at radius 1 is 1.11 bits per heavy atom. The zero-order chi connectivity index (χ0) is 18.9. The molecule has 0 saturated carbocycles. The molecule has 6 nitrogen and oxygen atoms in total. The minimum Gasteiger partial charge on any atom is -0.328 e. The maximum atomic E-state index is 12.7. The van der Waals surface area contributed by atoms with Gasteiger partial charge in [-0.15, -0.1) is 5.10 Å². The Kier molecular flexibility index (Phi) is 4.44. The molecule has 1 aliphatic carbocycles. The number of thioether (sulfide) groups is 1. The Hall–Kier alpha value is -2.93. The number of anilines is 1. The van der Waals surface area contributed by atoms with Crippen LogP contribution in [-0.2, 0) is 10.5 Å². The van der Waals surface area contributed by atoms with E-state index in [1.165, 1.54) is 5.56 Å². The molecular formula is C21H19N5OS. The number of aromatic nitrogens is 4. The van der Waals surface area contributed by atoms with Crippen molar-refractivity contribution < 1.29 is 4.79 Å². The molecule has 0 spiro atoms. The third-order valence-corrected chi connectivity index (χ3v) is 5.94. The molecule has 3 heterocycles. The molecule has 0 fully saturated rings. The number of carbonyl (C=O) groups is 1. The van der Waals surface area contributed by atoms with Gasteiger partial charge in [-0.2, -0.15) is 4.98 Å². The first-order chi connectivity index (χ1) is 13.8. The SMILES string of the molecule is O=C1CCCC2=C1[C@H](c1ccccn1)n1nc(SCc3ccccc3)nc1N2. The first-order valence-electron chi connectivity index (χ1n) is 9.37. The number of Topliss-reactive ketones (excluding diaryl/α,β-unsaturated/α-hetero) is 1. The Morgan fingerprint density at radius 3 is 2.79 bits per heavy atom. The van der Waals surface area contributed by atoms with Gasteiger partial charge in [0.15, 0.2) is 5.78 Å². The van der Waals surface area contributed by atoms with Crippen LogP contribution in [-0.4, -0.2) is 25.5 Å². The first-order valence-corrected chi connectivity index (χ1v) is 10.4. The molecule has 28 heavy (non-hydrogen) atoms. The highest BCUT2D eigenvalue weighted by Crippen LogP contribution is 2.40. The molecule has 140 valence electrons. The van der Waals surface area contributed by atoms with Crippen molar-refractivity contribution in [1.82, 2.24) is 19.7 Å². The molecule has 0 radical (unpaired) electrons. The second-order valence-electron chi connectivity index (χ2n) is 6.89. The summed E-state index contributed by atoms with van der Waals surface area (Å²) in [5.41, 5.74) is 3.79. The molecule has 0 unspecified atom stereocenters. The van der Waals surface area contributed by atoms with Crippen LogP contribution in [0.4, 0.5) is 5.95 Å². The molecule has 1 atom stereocenters. The van der Waals surface area contributed by atoms with Crippen LogP contribution >= 0.6 is 11.8 Å². The van der Waals surface area contributed by atoms with Crippen molar-refractivity contribution >= 4 is 23.5 Å². The Labute approximate surface area is 167 Å². The lowest BCUT2D eigenvalue weighted by Crippen LogP contribution is -2.32. The molecule has 5 rings (SSSR count). The van der Waals surface area contributed by atoms with Gasteiger partial charge in [0, 0.05) is 29.6 Å². The normalized spacial score (nSPS) is 18.4. The third-order valence-electron chi connectivity index (χ3n) is 5.03. The van der Waals surface area contributed by atoms with Gasteiger partial charge in [-0.25, -0.2) is 4.68 Å². The molecule has 1 aromatic carbocycles. The number of pyridine rings is 1. The van der Waals surface area contributed by atoms with E-state index in [4.69, 9.17) is 5.10 Å². The van der Waals surface area contributed by atoms with Crippen LogP contribution < -0.4 is 5.32 Å². The fourth-order valence-corrected chi connectivity index (χ4v) is 4.52. The van der Waals surface area contributed by atoms with Gasteiger partial charge in [0.05, 0.1) is 5.69 Å². The highest BCUT2D eigenvalue weighted by Gasteiger charge is 2.37. The maximum Gasteiger partial charge on any atom is 0.227 e. The van der Waals surface area contributed by atoms with Gasteiger partial charge in [0.1, 0.15) is 6.04 Å². The molecule has 7 heteroatoms. The largest absolute Gasteiger partial charge is 0.328 e. The summed E-state index contributed by atoms with van der Waals surface area (Å²) in [5.74, 6) is 1.65. The average molecular weight is 389 g/mol. The molecule has 2 aromatic heterocycles. The molecule has 1 N–H and O–H groups in total. The van der Waals surface area contributed by atoms with Gasteiger partial charge in [0.2, 0.25) is 11.1 Å². The van der Waals surface area contributed by atoms with Gasteiger partial charge >= 0.3 is 0 Å². The standard InChI is InChI=1S/C21H19N5OS/c27-17-11-6-10-15-18(17)19(16-9-4-5-12-22-16)26-20(23-15)24-21(25-26)28-13-14-7-2-1-3-8-14/h1-5,7-9,12,19H,6,10-11,13H2,(H,23,24,25)/t19-/m0/s1. The third kappa shape index (κ3) is 3.11. The van der Waals surface area contributed by atoms with Gasteiger partial charge < -0.3 is 5.32 Å². The highest BCUT2D eigenvalue weighted by atomic mass is 32.2. The van der Waals surface area contributed by atoms with Crippen molar-refractivity contribution in [2.24, 2.45) is 0 Å². The van der Waals surface area contributed by atoms with Gasteiger partial charge in [0.25, 0.3) is 0 Å². The quantitative estimate of drug-likeness (QED) is 0.680. The van der Waals surface area contributed by atoms with Crippen molar-refractivity contribution in [3.05, 3.63) is 77.3 Å². The molecule has 0 saturated heterocycles. The number of nitrogens with zero attached hydrogens (tertiary/aromatic N) is 4. The summed E-state index contributed by atoms with van der Waals surface area (Å²) in [4.78, 5) is 22.0. The fourth-order valence-electron chi connectivity index (χ4n) is 3.73. The van der Waals surface area contributed by atoms with Crippen LogP contribution in [0.15, 0.2) is 71.2 Å². The topological polar surface area (TPSA) is 72.7 Å². The number of allylic oxidation sites excluding steroid dienone is 2. The van der Waals surface area contributed by atoms with Gasteiger partial charge in [-0.05, 0) is 30.5 Å². The predicted octanol–water partition coefficient (Wildman–Crippen LogP) is 3.99. The lowest BCUT2D eigenvalue weighted by Gasteiger charge is -2.31. The Balaban J connectivity index is 1.51. The summed E-state index contributed by atoms with van der Waals surface area (Å²) < 4.78 is 1.82. The fraction of sp³-hybridized carbons (Fsp3) is 0.238. The van der Waals surface area contributed by atoms with Crippen LogP contribution in [0.5, 0.6) is 0 Å². The van der Waals surface area contributed by atoms with E-state index in [0.717, 1.165) is 35.6 Å². The Bertz CT molecular complexity index is 1050. The molecular weight excluding hydrogens is 370 g/mol. The van der Waals surface area contributed by atoms with Crippen LogP contribution in [0.1, 0.15) is 36.6 Å². The molecule has 2 aliphatic rings. The molecule has 1 aliphatic heterocycles. The molecule has 0 bridgehead atoms. The van der Waals surface area contributed by atoms with Crippen LogP contribution in [0, 0.1) is 0 Å². The van der Waals surface area contributed by atoms with Gasteiger partial charge in [-0.1, -0.05) is 48.2 Å². The number of rotatable bonds is 4. The van der Waals surface area contributed by atoms with E-state index in [0.29, 0.717) is 17.5 Å². The van der Waals surface area contributed by atoms with E-state index in [1.807, 2.05) is 41.1 Å². The van der Waals surface area contributed by atoms with Gasteiger partial charge in [-0.3, -0.25) is 9.78 Å². The number of nitrogens with one attached hydrogen (secondary N) is 1. The second-order valence-corrected chi connectivity index (χ2v) is 7.83. The van der Waals surface area contributed by atoms with Crippen LogP contribution in [0.3, 0.4) is 0 Å². The summed E-state index contributed by atoms with van der Waals surface area (Å²) >= 11 is 1.59. The number of fused-ring (bicyclic) bond motifs is 1. The number of benzene rings is 1. The maximum absolute atomic E-state index is 12.7. The minimum atomic E-state index is -0.321. The van der Waals surface area contributed by atoms with E-state index in [1.54, 1.807) is 18.0 Å². The highest BCUT2D eigenvalue weighted by molar-refractivity contribution is 7.98. The van der Waals surface area contributed by atoms with Crippen molar-refractivity contribution in [3.8, 4) is 0 Å². The predicted molar refractivity (Wildman–Crippen MR) is 108 cm³/mol. The summed E-state index contributed by atoms with van der Waals surface area (Å²) in [5, 5.41) is 8.78. The van der Waals surface area contributed by atoms with Crippen molar-refractivity contribution in [1.29, 1.82) is 0 Å². The zero-order valence-electron chi connectivity index (χ0n) is 15.2. The monoisotopic (exact) mass is 389 g/mol. The van der Waals surface area contributed by atoms with E-state index in [2.05, 4.69) is 27.4 Å². The average Bonchev–Trinajstić information content (AvgIpc) is 3.15. The number of carbonyl (C=O) groups excluding carboxylic acids is 1.